The number of nitrogens with zero attached hydrogens (tertiary/aromatic N) is 2. The molecule has 180 valence electrons. The summed E-state index contributed by atoms with van der Waals surface area (Å²) in [5.41, 5.74) is 0.509. The minimum absolute atomic E-state index is 0.0182. The molecule has 3 aromatic rings. The number of phenolic OH excluding ortho intramolecular Hbond substituents is 1. The lowest BCUT2D eigenvalue weighted by atomic mass is 10.0. The van der Waals surface area contributed by atoms with Crippen molar-refractivity contribution in [1.82, 2.24) is 9.88 Å². The quantitative estimate of drug-likeness (QED) is 0.426. The van der Waals surface area contributed by atoms with Gasteiger partial charge in [-0.25, -0.2) is 4.39 Å². The van der Waals surface area contributed by atoms with Crippen molar-refractivity contribution >= 4 is 24.4 Å². The van der Waals surface area contributed by atoms with Crippen LogP contribution in [0.5, 0.6) is 11.5 Å². The van der Waals surface area contributed by atoms with Gasteiger partial charge in [-0.05, 0) is 43.7 Å². The molecule has 1 atom stereocenters. The number of fused-ring (bicyclic) bond motifs is 2. The van der Waals surface area contributed by atoms with E-state index < -0.39 is 37.6 Å². The summed E-state index contributed by atoms with van der Waals surface area (Å²) in [4.78, 5) is 18.5. The zero-order valence-corrected chi connectivity index (χ0v) is 19.5. The molecule has 4 rings (SSSR count). The molecule has 0 bridgehead atoms. The molecule has 2 N–H and O–H groups in total. The van der Waals surface area contributed by atoms with Crippen LogP contribution in [-0.4, -0.2) is 45.6 Å². The van der Waals surface area contributed by atoms with Gasteiger partial charge in [-0.3, -0.25) is 14.3 Å². The number of carbonyl (C=O) groups excluding carboxylic acids is 1. The second kappa shape index (κ2) is 9.68. The predicted octanol–water partition coefficient (Wildman–Crippen LogP) is 4.33. The van der Waals surface area contributed by atoms with E-state index in [4.69, 9.17) is 13.8 Å². The van der Waals surface area contributed by atoms with E-state index in [9.17, 15) is 24.0 Å². The standard InChI is InChI=1S/C23H24FN2O7P/c1-3-32-34(30,33-4-2)13-31-21-16-6-5-11-25-19(16)20(27)17-18(21)23(29)26(22(17)28)12-14-7-9-15(24)10-8-14/h5-11,23,27,29H,3-4,12-13H2,1-2H3. The molecule has 1 aromatic heterocycles. The molecule has 0 saturated heterocycles. The lowest BCUT2D eigenvalue weighted by Gasteiger charge is -2.23. The number of hydrogen-bond donors (Lipinski definition) is 2. The average molecular weight is 490 g/mol. The van der Waals surface area contributed by atoms with Crippen molar-refractivity contribution in [2.75, 3.05) is 19.6 Å². The molecule has 34 heavy (non-hydrogen) atoms. The number of amides is 1. The number of hydrogen-bond acceptors (Lipinski definition) is 8. The average Bonchev–Trinajstić information content (AvgIpc) is 3.06. The Bertz CT molecular complexity index is 1260. The first-order chi connectivity index (χ1) is 16.3. The van der Waals surface area contributed by atoms with Crippen LogP contribution >= 0.6 is 7.60 Å². The number of aromatic nitrogens is 1. The highest BCUT2D eigenvalue weighted by molar-refractivity contribution is 7.53. The van der Waals surface area contributed by atoms with Gasteiger partial charge in [0.15, 0.2) is 18.3 Å². The highest BCUT2D eigenvalue weighted by Gasteiger charge is 2.42. The summed E-state index contributed by atoms with van der Waals surface area (Å²) in [5.74, 6) is -1.45. The van der Waals surface area contributed by atoms with Gasteiger partial charge >= 0.3 is 7.60 Å². The Morgan fingerprint density at radius 1 is 1.15 bits per heavy atom. The van der Waals surface area contributed by atoms with E-state index in [-0.39, 0.29) is 42.2 Å². The first kappa shape index (κ1) is 24.1. The van der Waals surface area contributed by atoms with Crippen LogP contribution in [0, 0.1) is 5.82 Å². The highest BCUT2D eigenvalue weighted by atomic mass is 31.2. The maximum absolute atomic E-state index is 13.3. The van der Waals surface area contributed by atoms with Gasteiger partial charge in [-0.15, -0.1) is 0 Å². The van der Waals surface area contributed by atoms with E-state index in [1.165, 1.54) is 30.5 Å². The summed E-state index contributed by atoms with van der Waals surface area (Å²) in [7, 11) is -3.63. The largest absolute Gasteiger partial charge is 0.505 e. The van der Waals surface area contributed by atoms with Gasteiger partial charge in [0.1, 0.15) is 17.1 Å². The van der Waals surface area contributed by atoms with Crippen LogP contribution < -0.4 is 4.74 Å². The summed E-state index contributed by atoms with van der Waals surface area (Å²) in [6.07, 6.45) is -0.527. The van der Waals surface area contributed by atoms with Gasteiger partial charge in [0.25, 0.3) is 5.91 Å². The first-order valence-corrected chi connectivity index (χ1v) is 12.4. The number of benzene rings is 2. The number of aliphatic hydroxyl groups excluding tert-OH is 1. The summed E-state index contributed by atoms with van der Waals surface area (Å²) in [5, 5.41) is 22.3. The first-order valence-electron chi connectivity index (χ1n) is 10.7. The molecule has 0 aliphatic carbocycles. The van der Waals surface area contributed by atoms with Crippen LogP contribution in [-0.2, 0) is 20.2 Å². The monoisotopic (exact) mass is 490 g/mol. The van der Waals surface area contributed by atoms with Crippen molar-refractivity contribution < 1.29 is 37.7 Å². The number of pyridine rings is 1. The van der Waals surface area contributed by atoms with Gasteiger partial charge in [0.2, 0.25) is 0 Å². The van der Waals surface area contributed by atoms with E-state index >= 15 is 0 Å². The number of aliphatic hydroxyl groups is 1. The van der Waals surface area contributed by atoms with Gasteiger partial charge in [-0.2, -0.15) is 0 Å². The highest BCUT2D eigenvalue weighted by Crippen LogP contribution is 2.52. The fourth-order valence-corrected chi connectivity index (χ4v) is 5.20. The third-order valence-electron chi connectivity index (χ3n) is 5.34. The van der Waals surface area contributed by atoms with Crippen molar-refractivity contribution in [3.05, 3.63) is 65.1 Å². The molecule has 0 radical (unpaired) electrons. The summed E-state index contributed by atoms with van der Waals surface area (Å²) < 4.78 is 42.7. The number of ether oxygens (including phenoxy) is 1. The van der Waals surface area contributed by atoms with Gasteiger partial charge < -0.3 is 28.9 Å². The second-order valence-corrected chi connectivity index (χ2v) is 9.52. The maximum atomic E-state index is 13.3. The fourth-order valence-electron chi connectivity index (χ4n) is 3.90. The van der Waals surface area contributed by atoms with Crippen LogP contribution in [0.4, 0.5) is 4.39 Å². The normalized spacial score (nSPS) is 15.7. The van der Waals surface area contributed by atoms with Crippen molar-refractivity contribution in [1.29, 1.82) is 0 Å². The van der Waals surface area contributed by atoms with Gasteiger partial charge in [0, 0.05) is 18.1 Å². The minimum atomic E-state index is -3.63. The topological polar surface area (TPSA) is 118 Å². The fraction of sp³-hybridized carbons (Fsp3) is 0.304. The van der Waals surface area contributed by atoms with Crippen molar-refractivity contribution in [3.63, 3.8) is 0 Å². The molecule has 0 fully saturated rings. The van der Waals surface area contributed by atoms with Gasteiger partial charge in [-0.1, -0.05) is 12.1 Å². The molecular formula is C23H24FN2O7P. The lowest BCUT2D eigenvalue weighted by Crippen LogP contribution is -2.27. The number of rotatable bonds is 9. The molecule has 0 saturated carbocycles. The molecular weight excluding hydrogens is 466 g/mol. The van der Waals surface area contributed by atoms with E-state index in [1.54, 1.807) is 26.0 Å². The number of aromatic hydroxyl groups is 1. The van der Waals surface area contributed by atoms with E-state index in [0.717, 1.165) is 4.90 Å². The zero-order chi connectivity index (χ0) is 24.5. The van der Waals surface area contributed by atoms with Crippen LogP contribution in [0.25, 0.3) is 10.9 Å². The van der Waals surface area contributed by atoms with E-state index in [1.807, 2.05) is 0 Å². The maximum Gasteiger partial charge on any atom is 0.367 e. The molecule has 9 nitrogen and oxygen atoms in total. The third kappa shape index (κ3) is 4.37. The predicted molar refractivity (Wildman–Crippen MR) is 121 cm³/mol. The minimum Gasteiger partial charge on any atom is -0.505 e. The zero-order valence-electron chi connectivity index (χ0n) is 18.6. The Kier molecular flexibility index (Phi) is 6.86. The molecule has 1 amide bonds. The molecule has 1 unspecified atom stereocenters. The Labute approximate surface area is 195 Å². The molecule has 1 aliphatic heterocycles. The lowest BCUT2D eigenvalue weighted by molar-refractivity contribution is 0.0127. The smallest absolute Gasteiger partial charge is 0.367 e. The summed E-state index contributed by atoms with van der Waals surface area (Å²) in [6, 6.07) is 8.69. The Morgan fingerprint density at radius 3 is 2.47 bits per heavy atom. The summed E-state index contributed by atoms with van der Waals surface area (Å²) in [6.45, 7) is 3.54. The number of carbonyl (C=O) groups is 1. The third-order valence-corrected chi connectivity index (χ3v) is 7.09. The van der Waals surface area contributed by atoms with E-state index in [2.05, 4.69) is 4.98 Å². The SMILES string of the molecule is CCOP(=O)(COc1c2c(c(O)c3ncccc13)C(=O)N(Cc1ccc(F)cc1)C2O)OCC. The van der Waals surface area contributed by atoms with Crippen LogP contribution in [0.1, 0.15) is 41.6 Å². The van der Waals surface area contributed by atoms with Crippen molar-refractivity contribution in [3.8, 4) is 11.5 Å². The Hall–Kier alpha value is -3.04. The Morgan fingerprint density at radius 2 is 1.82 bits per heavy atom. The van der Waals surface area contributed by atoms with Crippen molar-refractivity contribution in [2.24, 2.45) is 0 Å². The molecule has 2 aromatic carbocycles. The molecule has 1 aliphatic rings. The summed E-state index contributed by atoms with van der Waals surface area (Å²) >= 11 is 0. The van der Waals surface area contributed by atoms with Crippen LogP contribution in [0.3, 0.4) is 0 Å². The molecule has 11 heteroatoms. The van der Waals surface area contributed by atoms with Crippen molar-refractivity contribution in [2.45, 2.75) is 26.6 Å². The Balaban J connectivity index is 1.78. The second-order valence-electron chi connectivity index (χ2n) is 7.52. The van der Waals surface area contributed by atoms with Gasteiger partial charge in [0.05, 0.1) is 24.3 Å². The number of phenols is 1. The van der Waals surface area contributed by atoms with E-state index in [0.29, 0.717) is 10.9 Å². The molecule has 2 heterocycles. The molecule has 0 spiro atoms. The van der Waals surface area contributed by atoms with Crippen LogP contribution in [0.2, 0.25) is 0 Å². The van der Waals surface area contributed by atoms with Crippen LogP contribution in [0.15, 0.2) is 42.6 Å². The number of halogens is 1.